The van der Waals surface area contributed by atoms with E-state index in [2.05, 4.69) is 50.1 Å². The molecule has 4 saturated carbocycles. The number of hydrogen-bond donors (Lipinski definition) is 8. The van der Waals surface area contributed by atoms with Gasteiger partial charge in [-0.2, -0.15) is 5.10 Å². The summed E-state index contributed by atoms with van der Waals surface area (Å²) in [5.74, 6) is -3.33. The third-order valence-electron chi connectivity index (χ3n) is 20.7. The van der Waals surface area contributed by atoms with Crippen LogP contribution in [0.4, 0.5) is 26.2 Å². The molecule has 30 heteroatoms. The topological polar surface area (TPSA) is 372 Å². The summed E-state index contributed by atoms with van der Waals surface area (Å²) in [5.41, 5.74) is 11.2. The number of nitrogens with two attached hydrogens (primary N) is 1. The number of likely N-dealkylation sites (N-methyl/N-ethyl adjacent to an activating group) is 1. The minimum atomic E-state index is -1.14. The number of nitrogens with one attached hydrogen (secondary N) is 5. The fourth-order valence-electron chi connectivity index (χ4n) is 16.1. The lowest BCUT2D eigenvalue weighted by molar-refractivity contribution is -0.134. The molecule has 0 saturated heterocycles. The number of para-hydroxylation sites is 1. The highest BCUT2D eigenvalue weighted by molar-refractivity contribution is 7.22. The van der Waals surface area contributed by atoms with Gasteiger partial charge >= 0.3 is 18.1 Å². The number of carbonyl (C=O) groups is 8. The number of carbonyl (C=O) groups excluding carboxylic acids is 7. The van der Waals surface area contributed by atoms with E-state index in [0.717, 1.165) is 59.1 Å². The zero-order valence-corrected chi connectivity index (χ0v) is 61.1. The molecule has 6 aliphatic rings. The summed E-state index contributed by atoms with van der Waals surface area (Å²) < 4.78 is 38.1. The molecule has 105 heavy (non-hydrogen) atoms. The van der Waals surface area contributed by atoms with Gasteiger partial charge in [0.05, 0.1) is 74.9 Å². The van der Waals surface area contributed by atoms with E-state index in [1.807, 2.05) is 66.4 Å². The van der Waals surface area contributed by atoms with E-state index in [-0.39, 0.29) is 117 Å². The van der Waals surface area contributed by atoms with Gasteiger partial charge in [-0.05, 0) is 146 Å². The fraction of sp³-hybridized carbons (Fsp3) is 0.507. The van der Waals surface area contributed by atoms with Crippen LogP contribution in [0.1, 0.15) is 116 Å². The number of aromatic nitrogens is 4. The lowest BCUT2D eigenvalue weighted by atomic mass is 9.65. The molecule has 5 heterocycles. The minimum Gasteiger partial charge on any atom is -0.476 e. The van der Waals surface area contributed by atoms with Gasteiger partial charge in [-0.1, -0.05) is 75.4 Å². The lowest BCUT2D eigenvalue weighted by Crippen LogP contribution is -2.55. The lowest BCUT2D eigenvalue weighted by Gasteiger charge is -2.46. The third kappa shape index (κ3) is 18.6. The van der Waals surface area contributed by atoms with Gasteiger partial charge in [-0.3, -0.25) is 34.0 Å². The van der Waals surface area contributed by atoms with Gasteiger partial charge in [-0.15, -0.1) is 0 Å². The number of aliphatic hydroxyl groups excluding tert-OH is 1. The molecule has 9 N–H and O–H groups in total. The molecular weight excluding hydrogens is 1370 g/mol. The highest BCUT2D eigenvalue weighted by Crippen LogP contribution is 2.78. The summed E-state index contributed by atoms with van der Waals surface area (Å²) in [6.07, 6.45) is 8.80. The van der Waals surface area contributed by atoms with Crippen molar-refractivity contribution in [2.24, 2.45) is 27.9 Å². The number of primary amides is 1. The van der Waals surface area contributed by atoms with Crippen molar-refractivity contribution < 1.29 is 77.0 Å². The summed E-state index contributed by atoms with van der Waals surface area (Å²) in [6, 6.07) is 20.9. The summed E-state index contributed by atoms with van der Waals surface area (Å²) >= 11 is 1.42. The molecule has 6 aromatic rings. The summed E-state index contributed by atoms with van der Waals surface area (Å²) in [4.78, 5) is 117. The Bertz CT molecular complexity index is 4160. The molecule has 562 valence electrons. The molecular formula is C75H95N13O16S. The van der Waals surface area contributed by atoms with Gasteiger partial charge in [0.2, 0.25) is 23.6 Å². The smallest absolute Gasteiger partial charge is 0.409 e. The van der Waals surface area contributed by atoms with E-state index >= 15 is 0 Å². The van der Waals surface area contributed by atoms with Crippen LogP contribution in [0.2, 0.25) is 0 Å². The number of ether oxygens (including phenoxy) is 6. The van der Waals surface area contributed by atoms with Crippen LogP contribution in [0, 0.1) is 29.1 Å². The van der Waals surface area contributed by atoms with Gasteiger partial charge in [0.25, 0.3) is 5.91 Å². The summed E-state index contributed by atoms with van der Waals surface area (Å²) in [6.45, 7) is 14.0. The van der Waals surface area contributed by atoms with Crippen LogP contribution in [0.3, 0.4) is 0 Å². The first-order valence-electron chi connectivity index (χ1n) is 35.6. The Balaban J connectivity index is 0.584. The molecule has 8 amide bonds. The van der Waals surface area contributed by atoms with E-state index in [9.17, 15) is 48.6 Å². The fourth-order valence-corrected chi connectivity index (χ4v) is 16.9. The number of carboxylic acids is 1. The molecule has 3 aromatic carbocycles. The van der Waals surface area contributed by atoms with Crippen LogP contribution < -0.4 is 37.2 Å². The molecule has 5 unspecified atom stereocenters. The quantitative estimate of drug-likeness (QED) is 0.0179. The number of aliphatic hydroxyl groups is 1. The molecule has 0 radical (unpaired) electrons. The normalized spacial score (nSPS) is 21.2. The number of rotatable bonds is 37. The number of anilines is 3. The number of nitrogens with zero attached hydrogens (tertiary/aromatic N) is 7. The molecule has 4 aliphatic carbocycles. The van der Waals surface area contributed by atoms with Gasteiger partial charge < -0.3 is 80.3 Å². The third-order valence-corrected chi connectivity index (χ3v) is 21.7. The number of aromatic carboxylic acids is 1. The number of hydrogen-bond acceptors (Lipinski definition) is 20. The van der Waals surface area contributed by atoms with E-state index in [4.69, 9.17) is 44.2 Å². The van der Waals surface area contributed by atoms with Crippen LogP contribution in [0.5, 0.6) is 0 Å². The molecule has 29 nitrogen and oxygen atoms in total. The van der Waals surface area contributed by atoms with Gasteiger partial charge in [0.15, 0.2) is 10.8 Å². The maximum Gasteiger partial charge on any atom is 0.409 e. The highest BCUT2D eigenvalue weighted by Gasteiger charge is 2.73. The molecule has 0 spiro atoms. The van der Waals surface area contributed by atoms with Crippen molar-refractivity contribution >= 4 is 85.8 Å². The largest absolute Gasteiger partial charge is 0.476 e. The van der Waals surface area contributed by atoms with Crippen molar-refractivity contribution in [2.75, 3.05) is 108 Å². The number of thiazole rings is 1. The number of fused-ring (bicyclic) bond motifs is 2. The Morgan fingerprint density at radius 1 is 0.810 bits per heavy atom. The summed E-state index contributed by atoms with van der Waals surface area (Å²) in [5, 5.41) is 39.6. The van der Waals surface area contributed by atoms with E-state index in [1.165, 1.54) is 33.3 Å². The van der Waals surface area contributed by atoms with Crippen molar-refractivity contribution in [3.8, 4) is 11.1 Å². The Morgan fingerprint density at radius 3 is 2.30 bits per heavy atom. The number of amides is 8. The molecule has 4 fully saturated rings. The van der Waals surface area contributed by atoms with Gasteiger partial charge in [0.1, 0.15) is 37.3 Å². The second kappa shape index (κ2) is 33.8. The second-order valence-corrected chi connectivity index (χ2v) is 30.0. The SMILES string of the molecule is Cc1c(-c2ccc(N3CCc4cccc(C(=O)Nc5nc6ccccc6s5)c4C3)nc2C(=O)O)cnn1CC12CC3(C)CC(OCCOCCOCCN(C)C(=O)OCc4ccc(NC(=O)[C@H](CCCNC(N)=O)NC(=O)[C@@H](NC(=O)COCCOCCN5C(=O)C=CC5O)C(C)C)cc4)(CC1(C)C3)C2. The van der Waals surface area contributed by atoms with Crippen LogP contribution in [0.25, 0.3) is 21.3 Å². The Labute approximate surface area is 613 Å². The van der Waals surface area contributed by atoms with Crippen LogP contribution in [-0.2, 0) is 73.7 Å². The zero-order chi connectivity index (χ0) is 74.6. The Kier molecular flexibility index (Phi) is 24.7. The number of carboxylic acid groups (broad SMARTS) is 1. The Morgan fingerprint density at radius 2 is 1.56 bits per heavy atom. The molecule has 7 atom stereocenters. The van der Waals surface area contributed by atoms with Crippen LogP contribution in [0.15, 0.2) is 97.2 Å². The zero-order valence-electron chi connectivity index (χ0n) is 60.2. The van der Waals surface area contributed by atoms with Crippen molar-refractivity contribution in [3.05, 3.63) is 131 Å². The van der Waals surface area contributed by atoms with Gasteiger partial charge in [-0.25, -0.2) is 24.4 Å². The molecule has 12 rings (SSSR count). The summed E-state index contributed by atoms with van der Waals surface area (Å²) in [7, 11) is 1.61. The maximum absolute atomic E-state index is 13.8. The van der Waals surface area contributed by atoms with Crippen molar-refractivity contribution in [1.82, 2.24) is 45.5 Å². The average Bonchev–Trinajstić information content (AvgIpc) is 1.50. The number of benzene rings is 3. The van der Waals surface area contributed by atoms with Crippen molar-refractivity contribution in [2.45, 2.75) is 130 Å². The van der Waals surface area contributed by atoms with Crippen molar-refractivity contribution in [1.29, 1.82) is 0 Å². The molecule has 4 bridgehead atoms. The van der Waals surface area contributed by atoms with Crippen molar-refractivity contribution in [3.63, 3.8) is 0 Å². The van der Waals surface area contributed by atoms with Gasteiger partial charge in [0, 0.05) is 80.5 Å². The highest BCUT2D eigenvalue weighted by atomic mass is 32.1. The molecule has 2 aliphatic heterocycles. The first-order valence-corrected chi connectivity index (χ1v) is 36.5. The minimum absolute atomic E-state index is 0.00266. The van der Waals surface area contributed by atoms with Crippen LogP contribution in [-0.4, -0.2) is 204 Å². The van der Waals surface area contributed by atoms with E-state index < -0.39 is 54.1 Å². The maximum atomic E-state index is 13.8. The molecule has 3 aromatic heterocycles. The average molecular weight is 1470 g/mol. The first kappa shape index (κ1) is 76.7. The van der Waals surface area contributed by atoms with E-state index in [0.29, 0.717) is 91.4 Å². The predicted molar refractivity (Wildman–Crippen MR) is 390 cm³/mol. The first-order chi connectivity index (χ1) is 50.3. The Hall–Kier alpha value is -9.43. The number of urea groups is 1. The number of pyridine rings is 1. The second-order valence-electron chi connectivity index (χ2n) is 28.9. The standard InChI is InChI=1S/C75H95N13O16S/c1-47(2)63(83-60(89)40-102-34-33-100-30-28-87-61(90)22-23-62(87)91)67(94)80-57(14-10-25-77-69(76)97)66(93)79-51-18-16-49(17-19-51)39-103-71(98)85(6)27-29-99-31-32-101-35-36-104-75-43-72(4)41-73(5,44-75)74(42-72,45-75)46-88-48(3)54(37-78-88)52-20-21-59(82-64(52)68(95)96)86-26-24-50-11-9-12-53(55(50)38-86)65(92)84-70-81-56-13-7-8-15-58(56)105-70/h7-9,11-13,15-23,37,47,57,61,63,90H,10,14,24-36,38-46H2,1-6H3,(H,79,93)(H,80,94)(H,83,89)(H,95,96)(H3,76,77,97)(H,81,84,92)/t57-,61?,63-,72?,73?,74?,75?/m0/s1. The predicted octanol–water partition coefficient (Wildman–Crippen LogP) is 7.19. The monoisotopic (exact) mass is 1470 g/mol. The van der Waals surface area contributed by atoms with E-state index in [1.54, 1.807) is 51.4 Å². The van der Waals surface area contributed by atoms with Crippen LogP contribution >= 0.6 is 11.3 Å².